The third-order valence-electron chi connectivity index (χ3n) is 5.09. The maximum absolute atomic E-state index is 13.3. The van der Waals surface area contributed by atoms with Crippen LogP contribution in [-0.4, -0.2) is 48.0 Å². The zero-order chi connectivity index (χ0) is 21.1. The van der Waals surface area contributed by atoms with Crippen LogP contribution in [-0.2, 0) is 29.3 Å². The fourth-order valence-corrected chi connectivity index (χ4v) is 4.87. The van der Waals surface area contributed by atoms with Gasteiger partial charge in [-0.3, -0.25) is 9.88 Å². The van der Waals surface area contributed by atoms with Crippen molar-refractivity contribution in [2.75, 3.05) is 19.3 Å². The Morgan fingerprint density at radius 1 is 1.21 bits per heavy atom. The van der Waals surface area contributed by atoms with E-state index >= 15 is 0 Å². The van der Waals surface area contributed by atoms with E-state index in [1.165, 1.54) is 22.7 Å². The first-order valence-electron chi connectivity index (χ1n) is 9.38. The molecule has 0 radical (unpaired) electrons. The predicted octanol–water partition coefficient (Wildman–Crippen LogP) is 3.53. The molecule has 2 aromatic rings. The second-order valence-electron chi connectivity index (χ2n) is 7.36. The van der Waals surface area contributed by atoms with Crippen molar-refractivity contribution < 1.29 is 21.6 Å². The van der Waals surface area contributed by atoms with Crippen molar-refractivity contribution in [2.45, 2.75) is 38.1 Å². The van der Waals surface area contributed by atoms with Crippen LogP contribution in [0, 0.1) is 0 Å². The largest absolute Gasteiger partial charge is 0.416 e. The van der Waals surface area contributed by atoms with Gasteiger partial charge in [-0.2, -0.15) is 17.5 Å². The van der Waals surface area contributed by atoms with Crippen LogP contribution >= 0.6 is 0 Å². The number of nitrogens with zero attached hydrogens (tertiary/aromatic N) is 3. The van der Waals surface area contributed by atoms with Gasteiger partial charge in [0.1, 0.15) is 0 Å². The first-order valence-corrected chi connectivity index (χ1v) is 11.2. The van der Waals surface area contributed by atoms with E-state index < -0.39 is 21.8 Å². The Balaban J connectivity index is 1.77. The maximum atomic E-state index is 13.3. The molecular formula is C20H24F3N3O2S. The number of pyridine rings is 1. The van der Waals surface area contributed by atoms with Crippen molar-refractivity contribution in [3.05, 3.63) is 65.5 Å². The molecule has 1 fully saturated rings. The molecule has 29 heavy (non-hydrogen) atoms. The summed E-state index contributed by atoms with van der Waals surface area (Å²) in [5.74, 6) is 0. The number of hydrogen-bond acceptors (Lipinski definition) is 4. The standard InChI is InChI=1S/C20H24F3N3O2S/c1-29(27,28)26(13-16-6-4-10-24-12-16)18-8-5-11-25(15-18)14-17-7-2-3-9-19(17)20(21,22)23/h2-4,6-7,9-10,12,18H,5,8,11,13-15H2,1H3. The van der Waals surface area contributed by atoms with Gasteiger partial charge < -0.3 is 0 Å². The number of likely N-dealkylation sites (tertiary alicyclic amines) is 1. The molecule has 0 amide bonds. The zero-order valence-corrected chi connectivity index (χ0v) is 17.0. The van der Waals surface area contributed by atoms with Crippen LogP contribution in [0.5, 0.6) is 0 Å². The molecule has 0 bridgehead atoms. The highest BCUT2D eigenvalue weighted by Crippen LogP contribution is 2.33. The summed E-state index contributed by atoms with van der Waals surface area (Å²) in [5, 5.41) is 0. The molecule has 3 rings (SSSR count). The van der Waals surface area contributed by atoms with Gasteiger partial charge in [0.25, 0.3) is 0 Å². The lowest BCUT2D eigenvalue weighted by Crippen LogP contribution is -2.49. The molecule has 158 valence electrons. The van der Waals surface area contributed by atoms with Crippen LogP contribution in [0.15, 0.2) is 48.8 Å². The first kappa shape index (κ1) is 21.7. The van der Waals surface area contributed by atoms with Crippen LogP contribution in [0.2, 0.25) is 0 Å². The molecule has 0 aliphatic carbocycles. The fraction of sp³-hybridized carbons (Fsp3) is 0.450. The molecular weight excluding hydrogens is 403 g/mol. The highest BCUT2D eigenvalue weighted by Gasteiger charge is 2.35. The molecule has 9 heteroatoms. The summed E-state index contributed by atoms with van der Waals surface area (Å²) in [6.07, 6.45) is 1.39. The van der Waals surface area contributed by atoms with Crippen LogP contribution in [0.3, 0.4) is 0 Å². The summed E-state index contributed by atoms with van der Waals surface area (Å²) in [5.41, 5.74) is 0.341. The van der Waals surface area contributed by atoms with Gasteiger partial charge in [0.05, 0.1) is 11.8 Å². The molecule has 1 aromatic carbocycles. The average molecular weight is 427 g/mol. The van der Waals surface area contributed by atoms with Gasteiger partial charge >= 0.3 is 6.18 Å². The molecule has 1 atom stereocenters. The number of hydrogen-bond donors (Lipinski definition) is 0. The Hall–Kier alpha value is -1.97. The Bertz CT molecular complexity index is 920. The Morgan fingerprint density at radius 3 is 2.62 bits per heavy atom. The molecule has 2 heterocycles. The molecule has 1 aliphatic rings. The summed E-state index contributed by atoms with van der Waals surface area (Å²) >= 11 is 0. The Labute approximate surface area is 169 Å². The average Bonchev–Trinajstić information content (AvgIpc) is 2.66. The topological polar surface area (TPSA) is 53.5 Å². The van der Waals surface area contributed by atoms with Crippen LogP contribution in [0.4, 0.5) is 13.2 Å². The van der Waals surface area contributed by atoms with Crippen molar-refractivity contribution >= 4 is 10.0 Å². The second-order valence-corrected chi connectivity index (χ2v) is 9.29. The number of alkyl halides is 3. The Kier molecular flexibility index (Phi) is 6.60. The number of halogens is 3. The lowest BCUT2D eigenvalue weighted by Gasteiger charge is -2.38. The zero-order valence-electron chi connectivity index (χ0n) is 16.1. The molecule has 1 aliphatic heterocycles. The van der Waals surface area contributed by atoms with E-state index in [9.17, 15) is 21.6 Å². The summed E-state index contributed by atoms with van der Waals surface area (Å²) in [6, 6.07) is 8.81. The number of sulfonamides is 1. The lowest BCUT2D eigenvalue weighted by atomic mass is 10.0. The van der Waals surface area contributed by atoms with Gasteiger partial charge in [0, 0.05) is 38.1 Å². The molecule has 1 saturated heterocycles. The van der Waals surface area contributed by atoms with Crippen molar-refractivity contribution in [1.82, 2.24) is 14.2 Å². The van der Waals surface area contributed by atoms with Crippen molar-refractivity contribution in [3.8, 4) is 0 Å². The Morgan fingerprint density at radius 2 is 1.97 bits per heavy atom. The van der Waals surface area contributed by atoms with E-state index in [0.29, 0.717) is 19.5 Å². The maximum Gasteiger partial charge on any atom is 0.416 e. The van der Waals surface area contributed by atoms with E-state index in [0.717, 1.165) is 18.1 Å². The predicted molar refractivity (Wildman–Crippen MR) is 104 cm³/mol. The third-order valence-corrected chi connectivity index (χ3v) is 6.37. The van der Waals surface area contributed by atoms with E-state index in [2.05, 4.69) is 4.98 Å². The van der Waals surface area contributed by atoms with Crippen molar-refractivity contribution in [2.24, 2.45) is 0 Å². The van der Waals surface area contributed by atoms with Crippen LogP contribution in [0.1, 0.15) is 29.5 Å². The SMILES string of the molecule is CS(=O)(=O)N(Cc1cccnc1)C1CCCN(Cc2ccccc2C(F)(F)F)C1. The van der Waals surface area contributed by atoms with Crippen LogP contribution in [0.25, 0.3) is 0 Å². The van der Waals surface area contributed by atoms with E-state index in [1.54, 1.807) is 24.5 Å². The van der Waals surface area contributed by atoms with Gasteiger partial charge in [0.15, 0.2) is 0 Å². The fourth-order valence-electron chi connectivity index (χ4n) is 3.77. The number of aromatic nitrogens is 1. The minimum atomic E-state index is -4.41. The highest BCUT2D eigenvalue weighted by atomic mass is 32.2. The molecule has 5 nitrogen and oxygen atoms in total. The minimum absolute atomic E-state index is 0.136. The highest BCUT2D eigenvalue weighted by molar-refractivity contribution is 7.88. The van der Waals surface area contributed by atoms with E-state index in [1.807, 2.05) is 11.0 Å². The molecule has 0 spiro atoms. The number of benzene rings is 1. The minimum Gasteiger partial charge on any atom is -0.297 e. The van der Waals surface area contributed by atoms with Gasteiger partial charge in [-0.15, -0.1) is 0 Å². The quantitative estimate of drug-likeness (QED) is 0.708. The first-order chi connectivity index (χ1) is 13.6. The third kappa shape index (κ3) is 5.77. The van der Waals surface area contributed by atoms with Gasteiger partial charge in [-0.1, -0.05) is 24.3 Å². The normalized spacial score (nSPS) is 18.9. The molecule has 0 saturated carbocycles. The summed E-state index contributed by atoms with van der Waals surface area (Å²) < 4.78 is 66.2. The van der Waals surface area contributed by atoms with E-state index in [-0.39, 0.29) is 24.7 Å². The van der Waals surface area contributed by atoms with Crippen molar-refractivity contribution in [3.63, 3.8) is 0 Å². The molecule has 1 aromatic heterocycles. The van der Waals surface area contributed by atoms with Gasteiger partial charge in [-0.05, 0) is 42.6 Å². The second kappa shape index (κ2) is 8.81. The van der Waals surface area contributed by atoms with E-state index in [4.69, 9.17) is 0 Å². The molecule has 0 N–H and O–H groups in total. The summed E-state index contributed by atoms with van der Waals surface area (Å²) in [6.45, 7) is 1.35. The van der Waals surface area contributed by atoms with Crippen LogP contribution < -0.4 is 0 Å². The molecule has 1 unspecified atom stereocenters. The van der Waals surface area contributed by atoms with Crippen molar-refractivity contribution in [1.29, 1.82) is 0 Å². The monoisotopic (exact) mass is 427 g/mol. The van der Waals surface area contributed by atoms with Gasteiger partial charge in [-0.25, -0.2) is 8.42 Å². The summed E-state index contributed by atoms with van der Waals surface area (Å²) in [4.78, 5) is 5.93. The summed E-state index contributed by atoms with van der Waals surface area (Å²) in [7, 11) is -3.49. The number of piperidine rings is 1. The number of rotatable bonds is 6. The lowest BCUT2D eigenvalue weighted by molar-refractivity contribution is -0.138. The van der Waals surface area contributed by atoms with Gasteiger partial charge in [0.2, 0.25) is 10.0 Å². The smallest absolute Gasteiger partial charge is 0.297 e.